The Morgan fingerprint density at radius 3 is 3.00 bits per heavy atom. The number of rotatable bonds is 1. The van der Waals surface area contributed by atoms with Gasteiger partial charge >= 0.3 is 12.1 Å². The third-order valence-corrected chi connectivity index (χ3v) is 2.57. The number of amides is 1. The molecule has 7 heteroatoms. The van der Waals surface area contributed by atoms with Gasteiger partial charge in [-0.05, 0) is 6.42 Å². The van der Waals surface area contributed by atoms with E-state index in [1.54, 1.807) is 12.5 Å². The molecule has 88 valence electrons. The smallest absolute Gasteiger partial charge is 0.345 e. The first-order valence-electron chi connectivity index (χ1n) is 4.83. The van der Waals surface area contributed by atoms with Crippen LogP contribution in [0.2, 0.25) is 0 Å². The molecule has 2 rings (SSSR count). The molecule has 4 nitrogen and oxygen atoms in total. The van der Waals surface area contributed by atoms with Gasteiger partial charge < -0.3 is 9.88 Å². The van der Waals surface area contributed by atoms with Gasteiger partial charge in [-0.2, -0.15) is 13.2 Å². The summed E-state index contributed by atoms with van der Waals surface area (Å²) in [5.74, 6) is -1.87. The molecule has 0 spiro atoms. The lowest BCUT2D eigenvalue weighted by molar-refractivity contribution is -0.174. The Morgan fingerprint density at radius 1 is 1.56 bits per heavy atom. The second-order valence-corrected chi connectivity index (χ2v) is 3.74. The monoisotopic (exact) mass is 233 g/mol. The first-order chi connectivity index (χ1) is 7.47. The Labute approximate surface area is 89.5 Å². The minimum absolute atomic E-state index is 0.391. The van der Waals surface area contributed by atoms with Crippen LogP contribution in [0.3, 0.4) is 0 Å². The summed E-state index contributed by atoms with van der Waals surface area (Å²) in [7, 11) is 0. The molecule has 0 saturated heterocycles. The van der Waals surface area contributed by atoms with Crippen molar-refractivity contribution in [3.63, 3.8) is 0 Å². The van der Waals surface area contributed by atoms with Crippen molar-refractivity contribution >= 4 is 5.91 Å². The summed E-state index contributed by atoms with van der Waals surface area (Å²) < 4.78 is 37.9. The Hall–Kier alpha value is -1.53. The van der Waals surface area contributed by atoms with E-state index in [9.17, 15) is 18.0 Å². The molecule has 2 heterocycles. The Balaban J connectivity index is 1.97. The van der Waals surface area contributed by atoms with E-state index in [1.165, 1.54) is 0 Å². The van der Waals surface area contributed by atoms with Crippen molar-refractivity contribution < 1.29 is 18.0 Å². The van der Waals surface area contributed by atoms with Gasteiger partial charge in [-0.15, -0.1) is 0 Å². The van der Waals surface area contributed by atoms with E-state index < -0.39 is 18.1 Å². The van der Waals surface area contributed by atoms with Gasteiger partial charge in [0.15, 0.2) is 0 Å². The molecule has 1 aliphatic rings. The average Bonchev–Trinajstić information content (AvgIpc) is 2.63. The predicted octanol–water partition coefficient (Wildman–Crippen LogP) is 0.876. The zero-order chi connectivity index (χ0) is 11.8. The van der Waals surface area contributed by atoms with Crippen LogP contribution in [0.5, 0.6) is 0 Å². The van der Waals surface area contributed by atoms with E-state index in [1.807, 2.05) is 9.88 Å². The highest BCUT2D eigenvalue weighted by atomic mass is 19.4. The molecular formula is C9H10F3N3O. The minimum Gasteiger partial charge on any atom is -0.345 e. The average molecular weight is 233 g/mol. The molecule has 0 bridgehead atoms. The van der Waals surface area contributed by atoms with Gasteiger partial charge in [0.1, 0.15) is 0 Å². The molecule has 0 aliphatic carbocycles. The van der Waals surface area contributed by atoms with Crippen LogP contribution >= 0.6 is 0 Å². The van der Waals surface area contributed by atoms with Gasteiger partial charge in [-0.1, -0.05) is 0 Å². The normalized spacial score (nSPS) is 20.3. The molecule has 1 aromatic rings. The highest BCUT2D eigenvalue weighted by Crippen LogP contribution is 2.18. The number of fused-ring (bicyclic) bond motifs is 1. The summed E-state index contributed by atoms with van der Waals surface area (Å²) in [4.78, 5) is 14.6. The van der Waals surface area contributed by atoms with Crippen LogP contribution < -0.4 is 5.32 Å². The number of hydrogen-bond donors (Lipinski definition) is 1. The molecule has 0 aromatic carbocycles. The molecule has 0 saturated carbocycles. The lowest BCUT2D eigenvalue weighted by Crippen LogP contribution is -2.45. The van der Waals surface area contributed by atoms with Crippen LogP contribution in [0.4, 0.5) is 13.2 Å². The van der Waals surface area contributed by atoms with Crippen molar-refractivity contribution in [2.45, 2.75) is 31.6 Å². The summed E-state index contributed by atoms with van der Waals surface area (Å²) in [5.41, 5.74) is 0.846. The molecule has 0 fully saturated rings. The number of nitrogens with zero attached hydrogens (tertiary/aromatic N) is 2. The number of carbonyl (C=O) groups excluding carboxylic acids is 1. The molecule has 1 aromatic heterocycles. The number of alkyl halides is 3. The fourth-order valence-electron chi connectivity index (χ4n) is 1.76. The number of nitrogens with one attached hydrogen (secondary N) is 1. The van der Waals surface area contributed by atoms with Crippen LogP contribution in [0.15, 0.2) is 12.5 Å². The zero-order valence-corrected chi connectivity index (χ0v) is 8.29. The molecule has 1 unspecified atom stereocenters. The van der Waals surface area contributed by atoms with Crippen molar-refractivity contribution in [2.24, 2.45) is 0 Å². The summed E-state index contributed by atoms with van der Waals surface area (Å²) in [5, 5.41) is 1.98. The zero-order valence-electron chi connectivity index (χ0n) is 8.29. The Bertz CT molecular complexity index is 399. The molecule has 0 radical (unpaired) electrons. The molecule has 1 aliphatic heterocycles. The molecular weight excluding hydrogens is 223 g/mol. The van der Waals surface area contributed by atoms with E-state index in [0.717, 1.165) is 5.69 Å². The van der Waals surface area contributed by atoms with Crippen LogP contribution in [-0.2, 0) is 17.8 Å². The molecule has 1 atom stereocenters. The highest BCUT2D eigenvalue weighted by Gasteiger charge is 2.40. The number of halogens is 3. The van der Waals surface area contributed by atoms with Crippen LogP contribution in [0, 0.1) is 0 Å². The SMILES string of the molecule is O=C(NC1CCn2cncc2C1)C(F)(F)F. The van der Waals surface area contributed by atoms with E-state index in [-0.39, 0.29) is 0 Å². The summed E-state index contributed by atoms with van der Waals surface area (Å²) in [6.07, 6.45) is -0.687. The third-order valence-electron chi connectivity index (χ3n) is 2.57. The summed E-state index contributed by atoms with van der Waals surface area (Å²) in [6, 6.07) is -0.460. The van der Waals surface area contributed by atoms with Crippen LogP contribution in [-0.4, -0.2) is 27.7 Å². The minimum atomic E-state index is -4.81. The van der Waals surface area contributed by atoms with Gasteiger partial charge in [0.25, 0.3) is 0 Å². The number of aromatic nitrogens is 2. The first kappa shape index (κ1) is 11.0. The number of carbonyl (C=O) groups is 1. The van der Waals surface area contributed by atoms with Gasteiger partial charge in [0.2, 0.25) is 0 Å². The second-order valence-electron chi connectivity index (χ2n) is 3.74. The second kappa shape index (κ2) is 3.80. The summed E-state index contributed by atoms with van der Waals surface area (Å²) >= 11 is 0. The van der Waals surface area contributed by atoms with E-state index in [2.05, 4.69) is 4.98 Å². The van der Waals surface area contributed by atoms with Gasteiger partial charge in [0, 0.05) is 30.9 Å². The van der Waals surface area contributed by atoms with E-state index >= 15 is 0 Å². The maximum Gasteiger partial charge on any atom is 0.471 e. The lowest BCUT2D eigenvalue weighted by atomic mass is 10.0. The van der Waals surface area contributed by atoms with Gasteiger partial charge in [-0.3, -0.25) is 4.79 Å². The maximum atomic E-state index is 12.0. The largest absolute Gasteiger partial charge is 0.471 e. The summed E-state index contributed by atoms with van der Waals surface area (Å²) in [6.45, 7) is 0.581. The van der Waals surface area contributed by atoms with Crippen molar-refractivity contribution in [1.29, 1.82) is 0 Å². The number of hydrogen-bond acceptors (Lipinski definition) is 2. The van der Waals surface area contributed by atoms with E-state index in [0.29, 0.717) is 19.4 Å². The maximum absolute atomic E-state index is 12.0. The number of aryl methyl sites for hydroxylation is 1. The third kappa shape index (κ3) is 2.17. The predicted molar refractivity (Wildman–Crippen MR) is 48.5 cm³/mol. The first-order valence-corrected chi connectivity index (χ1v) is 4.83. The lowest BCUT2D eigenvalue weighted by Gasteiger charge is -2.24. The molecule has 1 amide bonds. The van der Waals surface area contributed by atoms with Crippen molar-refractivity contribution in [3.05, 3.63) is 18.2 Å². The topological polar surface area (TPSA) is 46.9 Å². The van der Waals surface area contributed by atoms with Crippen LogP contribution in [0.1, 0.15) is 12.1 Å². The van der Waals surface area contributed by atoms with E-state index in [4.69, 9.17) is 0 Å². The Morgan fingerprint density at radius 2 is 2.31 bits per heavy atom. The van der Waals surface area contributed by atoms with Crippen molar-refractivity contribution in [2.75, 3.05) is 0 Å². The molecule has 16 heavy (non-hydrogen) atoms. The highest BCUT2D eigenvalue weighted by molar-refractivity contribution is 5.81. The van der Waals surface area contributed by atoms with Gasteiger partial charge in [0.05, 0.1) is 6.33 Å². The standard InChI is InChI=1S/C9H10F3N3O/c10-9(11,12)8(16)14-6-1-2-15-5-13-4-7(15)3-6/h4-6H,1-3H2,(H,14,16). The quantitative estimate of drug-likeness (QED) is 0.782. The fraction of sp³-hybridized carbons (Fsp3) is 0.556. The van der Waals surface area contributed by atoms with Crippen LogP contribution in [0.25, 0.3) is 0 Å². The number of imidazole rings is 1. The fourth-order valence-corrected chi connectivity index (χ4v) is 1.76. The molecule has 1 N–H and O–H groups in total. The van der Waals surface area contributed by atoms with Crippen molar-refractivity contribution in [3.8, 4) is 0 Å². The van der Waals surface area contributed by atoms with Gasteiger partial charge in [-0.25, -0.2) is 4.98 Å². The van der Waals surface area contributed by atoms with Crippen molar-refractivity contribution in [1.82, 2.24) is 14.9 Å². The Kier molecular flexibility index (Phi) is 2.61.